The summed E-state index contributed by atoms with van der Waals surface area (Å²) >= 11 is 0. The van der Waals surface area contributed by atoms with Gasteiger partial charge in [0.1, 0.15) is 0 Å². The topological polar surface area (TPSA) is 49.9 Å². The molecular weight excluding hydrogens is 292 g/mol. The van der Waals surface area contributed by atoms with Crippen LogP contribution in [0.3, 0.4) is 0 Å². The van der Waals surface area contributed by atoms with Gasteiger partial charge in [0.05, 0.1) is 19.1 Å². The molecule has 0 aromatic carbocycles. The molecule has 5 heteroatoms. The lowest BCUT2D eigenvalue weighted by molar-refractivity contribution is -0.151. The van der Waals surface area contributed by atoms with Crippen LogP contribution in [0.5, 0.6) is 0 Å². The fourth-order valence-corrected chi connectivity index (χ4v) is 3.75. The summed E-state index contributed by atoms with van der Waals surface area (Å²) in [6.07, 6.45) is 6.42. The molecule has 1 aliphatic heterocycles. The van der Waals surface area contributed by atoms with Gasteiger partial charge in [0.15, 0.2) is 0 Å². The van der Waals surface area contributed by atoms with Crippen molar-refractivity contribution in [2.75, 3.05) is 33.3 Å². The van der Waals surface area contributed by atoms with Crippen LogP contribution in [0, 0.1) is 11.8 Å². The van der Waals surface area contributed by atoms with Crippen molar-refractivity contribution in [1.82, 2.24) is 9.80 Å². The minimum atomic E-state index is -0.104. The summed E-state index contributed by atoms with van der Waals surface area (Å²) in [4.78, 5) is 28.4. The van der Waals surface area contributed by atoms with Crippen LogP contribution in [0.1, 0.15) is 52.4 Å². The maximum atomic E-state index is 12.5. The van der Waals surface area contributed by atoms with Gasteiger partial charge in [-0.25, -0.2) is 0 Å². The Balaban J connectivity index is 1.73. The van der Waals surface area contributed by atoms with Crippen LogP contribution in [0.2, 0.25) is 0 Å². The highest BCUT2D eigenvalue weighted by molar-refractivity contribution is 5.79. The zero-order valence-electron chi connectivity index (χ0n) is 14.9. The third-order valence-corrected chi connectivity index (χ3v) is 5.46. The van der Waals surface area contributed by atoms with E-state index in [1.54, 1.807) is 0 Å². The van der Waals surface area contributed by atoms with Crippen molar-refractivity contribution in [3.63, 3.8) is 0 Å². The minimum Gasteiger partial charge on any atom is -0.466 e. The van der Waals surface area contributed by atoms with E-state index in [0.717, 1.165) is 18.8 Å². The van der Waals surface area contributed by atoms with Gasteiger partial charge in [0, 0.05) is 19.1 Å². The van der Waals surface area contributed by atoms with E-state index < -0.39 is 0 Å². The van der Waals surface area contributed by atoms with Crippen LogP contribution in [0.25, 0.3) is 0 Å². The summed E-state index contributed by atoms with van der Waals surface area (Å²) in [7, 11) is 2.07. The average molecular weight is 324 g/mol. The highest BCUT2D eigenvalue weighted by Crippen LogP contribution is 2.26. The van der Waals surface area contributed by atoms with E-state index in [1.807, 2.05) is 11.8 Å². The Morgan fingerprint density at radius 3 is 2.26 bits per heavy atom. The smallest absolute Gasteiger partial charge is 0.309 e. The maximum Gasteiger partial charge on any atom is 0.309 e. The van der Waals surface area contributed by atoms with Gasteiger partial charge in [0.2, 0.25) is 5.91 Å². The van der Waals surface area contributed by atoms with Gasteiger partial charge in [0.25, 0.3) is 0 Å². The Hall–Kier alpha value is -1.10. The molecule has 0 unspecified atom stereocenters. The highest BCUT2D eigenvalue weighted by atomic mass is 16.5. The molecule has 1 saturated heterocycles. The number of hydrogen-bond acceptors (Lipinski definition) is 4. The van der Waals surface area contributed by atoms with Crippen LogP contribution in [0.4, 0.5) is 0 Å². The summed E-state index contributed by atoms with van der Waals surface area (Å²) in [5, 5.41) is 0. The molecule has 1 heterocycles. The average Bonchev–Trinajstić information content (AvgIpc) is 2.55. The van der Waals surface area contributed by atoms with E-state index in [4.69, 9.17) is 4.74 Å². The summed E-state index contributed by atoms with van der Waals surface area (Å²) in [6.45, 7) is 6.44. The molecule has 1 aliphatic carbocycles. The molecule has 23 heavy (non-hydrogen) atoms. The zero-order valence-corrected chi connectivity index (χ0v) is 14.9. The maximum absolute atomic E-state index is 12.5. The molecule has 0 radical (unpaired) electrons. The van der Waals surface area contributed by atoms with E-state index in [0.29, 0.717) is 32.3 Å². The molecule has 0 atom stereocenters. The van der Waals surface area contributed by atoms with Gasteiger partial charge < -0.3 is 9.64 Å². The normalized spacial score (nSPS) is 26.3. The molecule has 0 aromatic rings. The van der Waals surface area contributed by atoms with Crippen molar-refractivity contribution < 1.29 is 14.3 Å². The third-order valence-electron chi connectivity index (χ3n) is 5.46. The lowest BCUT2D eigenvalue weighted by Crippen LogP contribution is -2.47. The number of nitrogens with zero attached hydrogens (tertiary/aromatic N) is 2. The molecule has 1 saturated carbocycles. The molecular formula is C18H32N2O3. The SMILES string of the molecule is CCOC(=O)C1CCN(C(=O)CN(C)C2CCC(C)CC2)CC1. The van der Waals surface area contributed by atoms with Crippen LogP contribution >= 0.6 is 0 Å². The fourth-order valence-electron chi connectivity index (χ4n) is 3.75. The Kier molecular flexibility index (Phi) is 6.88. The summed E-state index contributed by atoms with van der Waals surface area (Å²) in [5.41, 5.74) is 0. The van der Waals surface area contributed by atoms with E-state index >= 15 is 0 Å². The van der Waals surface area contributed by atoms with Crippen molar-refractivity contribution >= 4 is 11.9 Å². The third kappa shape index (κ3) is 5.20. The molecule has 2 fully saturated rings. The zero-order chi connectivity index (χ0) is 16.8. The van der Waals surface area contributed by atoms with Gasteiger partial charge in [-0.1, -0.05) is 6.92 Å². The van der Waals surface area contributed by atoms with E-state index in [-0.39, 0.29) is 17.8 Å². The number of ether oxygens (including phenoxy) is 1. The predicted octanol–water partition coefficient (Wildman–Crippen LogP) is 2.30. The summed E-state index contributed by atoms with van der Waals surface area (Å²) in [5.74, 6) is 0.898. The lowest BCUT2D eigenvalue weighted by atomic mass is 9.87. The number of esters is 1. The van der Waals surface area contributed by atoms with Gasteiger partial charge in [-0.3, -0.25) is 14.5 Å². The first-order valence-electron chi connectivity index (χ1n) is 9.15. The largest absolute Gasteiger partial charge is 0.466 e. The van der Waals surface area contributed by atoms with Crippen LogP contribution in [0.15, 0.2) is 0 Å². The first kappa shape index (κ1) is 18.2. The van der Waals surface area contributed by atoms with Crippen molar-refractivity contribution in [2.24, 2.45) is 11.8 Å². The number of likely N-dealkylation sites (N-methyl/N-ethyl adjacent to an activating group) is 1. The molecule has 0 bridgehead atoms. The Bertz CT molecular complexity index is 397. The van der Waals surface area contributed by atoms with Gasteiger partial charge in [-0.15, -0.1) is 0 Å². The van der Waals surface area contributed by atoms with Crippen molar-refractivity contribution in [3.05, 3.63) is 0 Å². The van der Waals surface area contributed by atoms with Gasteiger partial charge in [-0.2, -0.15) is 0 Å². The first-order chi connectivity index (χ1) is 11.0. The molecule has 0 spiro atoms. The number of carbonyl (C=O) groups excluding carboxylic acids is 2. The standard InChI is InChI=1S/C18H32N2O3/c1-4-23-18(22)15-9-11-20(12-10-15)17(21)13-19(3)16-7-5-14(2)6-8-16/h14-16H,4-13H2,1-3H3. The number of rotatable bonds is 5. The number of carbonyl (C=O) groups is 2. The molecule has 5 nitrogen and oxygen atoms in total. The molecule has 0 aromatic heterocycles. The van der Waals surface area contributed by atoms with E-state index in [2.05, 4.69) is 18.9 Å². The van der Waals surface area contributed by atoms with E-state index in [1.165, 1.54) is 25.7 Å². The minimum absolute atomic E-state index is 0.0310. The highest BCUT2D eigenvalue weighted by Gasteiger charge is 2.29. The Morgan fingerprint density at radius 2 is 1.70 bits per heavy atom. The van der Waals surface area contributed by atoms with Crippen LogP contribution in [-0.4, -0.2) is 61.0 Å². The molecule has 132 valence electrons. The van der Waals surface area contributed by atoms with Gasteiger partial charge >= 0.3 is 5.97 Å². The van der Waals surface area contributed by atoms with Gasteiger partial charge in [-0.05, 0) is 58.4 Å². The lowest BCUT2D eigenvalue weighted by Gasteiger charge is -2.36. The number of likely N-dealkylation sites (tertiary alicyclic amines) is 1. The molecule has 2 rings (SSSR count). The van der Waals surface area contributed by atoms with E-state index in [9.17, 15) is 9.59 Å². The van der Waals surface area contributed by atoms with Crippen molar-refractivity contribution in [2.45, 2.75) is 58.4 Å². The predicted molar refractivity (Wildman–Crippen MR) is 90.0 cm³/mol. The second-order valence-electron chi connectivity index (χ2n) is 7.24. The Morgan fingerprint density at radius 1 is 1.09 bits per heavy atom. The molecule has 0 N–H and O–H groups in total. The molecule has 2 aliphatic rings. The van der Waals surface area contributed by atoms with Crippen LogP contribution < -0.4 is 0 Å². The van der Waals surface area contributed by atoms with Crippen molar-refractivity contribution in [3.8, 4) is 0 Å². The number of piperidine rings is 1. The first-order valence-corrected chi connectivity index (χ1v) is 9.15. The second kappa shape index (κ2) is 8.67. The fraction of sp³-hybridized carbons (Fsp3) is 0.889. The quantitative estimate of drug-likeness (QED) is 0.728. The second-order valence-corrected chi connectivity index (χ2v) is 7.24. The molecule has 1 amide bonds. The number of amides is 1. The Labute approximate surface area is 140 Å². The number of hydrogen-bond donors (Lipinski definition) is 0. The summed E-state index contributed by atoms with van der Waals surface area (Å²) in [6, 6.07) is 0.548. The summed E-state index contributed by atoms with van der Waals surface area (Å²) < 4.78 is 5.08. The van der Waals surface area contributed by atoms with Crippen LogP contribution in [-0.2, 0) is 14.3 Å². The van der Waals surface area contributed by atoms with Crippen molar-refractivity contribution in [1.29, 1.82) is 0 Å². The monoisotopic (exact) mass is 324 g/mol.